The van der Waals surface area contributed by atoms with Crippen molar-refractivity contribution in [1.29, 1.82) is 0 Å². The Labute approximate surface area is 191 Å². The molecule has 0 saturated heterocycles. The van der Waals surface area contributed by atoms with Crippen molar-refractivity contribution in [2.75, 3.05) is 13.7 Å². The lowest BCUT2D eigenvalue weighted by Gasteiger charge is -2.13. The molecule has 31 heavy (non-hydrogen) atoms. The summed E-state index contributed by atoms with van der Waals surface area (Å²) in [7, 11) is 1.67. The molecule has 0 N–H and O–H groups in total. The average molecular weight is 453 g/mol. The second kappa shape index (κ2) is 11.5. The molecule has 3 rings (SSSR count). The lowest BCUT2D eigenvalue weighted by molar-refractivity contribution is -0.143. The van der Waals surface area contributed by atoms with Gasteiger partial charge in [0.15, 0.2) is 0 Å². The van der Waals surface area contributed by atoms with Crippen LogP contribution in [0.25, 0.3) is 0 Å². The van der Waals surface area contributed by atoms with E-state index >= 15 is 0 Å². The molecular formula is C25H24O4S2. The fourth-order valence-electron chi connectivity index (χ4n) is 2.59. The number of rotatable bonds is 10. The lowest BCUT2D eigenvalue weighted by atomic mass is 10.3. The molecule has 0 saturated carbocycles. The van der Waals surface area contributed by atoms with Gasteiger partial charge in [-0.2, -0.15) is 0 Å². The van der Waals surface area contributed by atoms with Crippen LogP contribution in [0.5, 0.6) is 11.5 Å². The van der Waals surface area contributed by atoms with E-state index in [1.807, 2.05) is 36.4 Å². The lowest BCUT2D eigenvalue weighted by Crippen LogP contribution is -2.20. The van der Waals surface area contributed by atoms with Gasteiger partial charge in [0.25, 0.3) is 0 Å². The third-order valence-corrected chi connectivity index (χ3v) is 6.18. The predicted octanol–water partition coefficient (Wildman–Crippen LogP) is 6.49. The molecule has 6 heteroatoms. The zero-order chi connectivity index (χ0) is 22.1. The summed E-state index contributed by atoms with van der Waals surface area (Å²) in [5.74, 6) is 1.14. The fraction of sp³-hybridized carbons (Fsp3) is 0.160. The molecule has 3 aromatic rings. The van der Waals surface area contributed by atoms with E-state index in [0.717, 1.165) is 27.4 Å². The summed E-state index contributed by atoms with van der Waals surface area (Å²) in [6.07, 6.45) is 0.807. The Hall–Kier alpha value is -2.83. The van der Waals surface area contributed by atoms with Gasteiger partial charge in [-0.15, -0.1) is 0 Å². The Balaban J connectivity index is 1.50. The van der Waals surface area contributed by atoms with Crippen molar-refractivity contribution >= 4 is 29.5 Å². The van der Waals surface area contributed by atoms with Crippen molar-refractivity contribution in [2.45, 2.75) is 32.6 Å². The monoisotopic (exact) mass is 452 g/mol. The van der Waals surface area contributed by atoms with Crippen molar-refractivity contribution in [3.05, 3.63) is 85.5 Å². The van der Waals surface area contributed by atoms with E-state index in [9.17, 15) is 4.79 Å². The highest BCUT2D eigenvalue weighted by Crippen LogP contribution is 2.33. The predicted molar refractivity (Wildman–Crippen MR) is 125 cm³/mol. The maximum Gasteiger partial charge on any atom is 0.330 e. The fourth-order valence-corrected chi connectivity index (χ4v) is 4.22. The minimum atomic E-state index is -0.448. The highest BCUT2D eigenvalue weighted by Gasteiger charge is 2.07. The SMILES string of the molecule is C=CC(=O)OC(C)COc1ccc(Sc2ccc(Sc3ccc(OC)cc3)cc2)cc1. The second-order valence-electron chi connectivity index (χ2n) is 6.59. The van der Waals surface area contributed by atoms with E-state index in [2.05, 4.69) is 43.0 Å². The van der Waals surface area contributed by atoms with Crippen molar-refractivity contribution < 1.29 is 19.0 Å². The molecule has 0 aromatic heterocycles. The first-order valence-corrected chi connectivity index (χ1v) is 11.3. The number of hydrogen-bond donors (Lipinski definition) is 0. The molecule has 0 amide bonds. The Bertz CT molecular complexity index is 984. The van der Waals surface area contributed by atoms with Crippen LogP contribution in [0.15, 0.2) is 105 Å². The molecule has 0 aliphatic carbocycles. The molecule has 1 unspecified atom stereocenters. The topological polar surface area (TPSA) is 44.8 Å². The van der Waals surface area contributed by atoms with E-state index in [-0.39, 0.29) is 6.10 Å². The van der Waals surface area contributed by atoms with E-state index in [1.54, 1.807) is 37.6 Å². The largest absolute Gasteiger partial charge is 0.497 e. The van der Waals surface area contributed by atoms with Crippen LogP contribution < -0.4 is 9.47 Å². The summed E-state index contributed by atoms with van der Waals surface area (Å²) >= 11 is 3.41. The number of benzene rings is 3. The third-order valence-electron chi connectivity index (χ3n) is 4.15. The van der Waals surface area contributed by atoms with Gasteiger partial charge in [0.05, 0.1) is 7.11 Å². The van der Waals surface area contributed by atoms with Crippen LogP contribution in [0.1, 0.15) is 6.92 Å². The van der Waals surface area contributed by atoms with E-state index in [4.69, 9.17) is 14.2 Å². The molecule has 0 spiro atoms. The number of carbonyl (C=O) groups is 1. The molecule has 1 atom stereocenters. The first-order chi connectivity index (χ1) is 15.1. The summed E-state index contributed by atoms with van der Waals surface area (Å²) in [4.78, 5) is 15.8. The number of methoxy groups -OCH3 is 1. The van der Waals surface area contributed by atoms with Gasteiger partial charge >= 0.3 is 5.97 Å². The Morgan fingerprint density at radius 3 is 1.68 bits per heavy atom. The molecule has 0 radical (unpaired) electrons. The van der Waals surface area contributed by atoms with Gasteiger partial charge in [-0.05, 0) is 79.7 Å². The van der Waals surface area contributed by atoms with Crippen LogP contribution in [0.4, 0.5) is 0 Å². The standard InChI is InChI=1S/C25H24O4S2/c1-4-25(26)29-18(2)17-28-20-7-11-22(12-8-20)31-24-15-13-23(14-16-24)30-21-9-5-19(27-3)6-10-21/h4-16,18H,1,17H2,2-3H3. The van der Waals surface area contributed by atoms with Gasteiger partial charge in [0.1, 0.15) is 24.2 Å². The summed E-state index contributed by atoms with van der Waals surface area (Å²) < 4.78 is 16.0. The van der Waals surface area contributed by atoms with Gasteiger partial charge in [0.2, 0.25) is 0 Å². The molecule has 4 nitrogen and oxygen atoms in total. The Kier molecular flexibility index (Phi) is 8.50. The maximum atomic E-state index is 11.2. The van der Waals surface area contributed by atoms with Crippen LogP contribution in [0, 0.1) is 0 Å². The van der Waals surface area contributed by atoms with Gasteiger partial charge < -0.3 is 14.2 Å². The summed E-state index contributed by atoms with van der Waals surface area (Å²) in [6.45, 7) is 5.45. The first-order valence-electron chi connectivity index (χ1n) is 9.71. The summed E-state index contributed by atoms with van der Waals surface area (Å²) in [5, 5.41) is 0. The van der Waals surface area contributed by atoms with E-state index in [0.29, 0.717) is 6.61 Å². The van der Waals surface area contributed by atoms with Crippen LogP contribution in [-0.2, 0) is 9.53 Å². The molecule has 0 heterocycles. The van der Waals surface area contributed by atoms with Gasteiger partial charge in [-0.25, -0.2) is 4.79 Å². The quantitative estimate of drug-likeness (QED) is 0.259. The average Bonchev–Trinajstić information content (AvgIpc) is 2.80. The van der Waals surface area contributed by atoms with Crippen LogP contribution in [-0.4, -0.2) is 25.8 Å². The van der Waals surface area contributed by atoms with E-state index < -0.39 is 5.97 Å². The van der Waals surface area contributed by atoms with Gasteiger partial charge in [-0.1, -0.05) is 30.1 Å². The van der Waals surface area contributed by atoms with Crippen LogP contribution in [0.3, 0.4) is 0 Å². The number of esters is 1. The normalized spacial score (nSPS) is 11.4. The zero-order valence-corrected chi connectivity index (χ0v) is 19.1. The van der Waals surface area contributed by atoms with Crippen molar-refractivity contribution in [3.8, 4) is 11.5 Å². The highest BCUT2D eigenvalue weighted by molar-refractivity contribution is 7.99. The van der Waals surface area contributed by atoms with Crippen molar-refractivity contribution in [2.24, 2.45) is 0 Å². The minimum absolute atomic E-state index is 0.291. The Morgan fingerprint density at radius 2 is 1.26 bits per heavy atom. The molecule has 3 aromatic carbocycles. The van der Waals surface area contributed by atoms with Crippen molar-refractivity contribution in [1.82, 2.24) is 0 Å². The van der Waals surface area contributed by atoms with Crippen LogP contribution in [0.2, 0.25) is 0 Å². The molecular weight excluding hydrogens is 428 g/mol. The second-order valence-corrected chi connectivity index (χ2v) is 8.88. The van der Waals surface area contributed by atoms with Gasteiger partial charge in [-0.3, -0.25) is 0 Å². The Morgan fingerprint density at radius 1 is 0.839 bits per heavy atom. The third kappa shape index (κ3) is 7.42. The van der Waals surface area contributed by atoms with Crippen LogP contribution >= 0.6 is 23.5 Å². The smallest absolute Gasteiger partial charge is 0.330 e. The molecule has 0 fully saturated rings. The molecule has 0 aliphatic rings. The minimum Gasteiger partial charge on any atom is -0.497 e. The highest BCUT2D eigenvalue weighted by atomic mass is 32.2. The molecule has 160 valence electrons. The maximum absolute atomic E-state index is 11.2. The molecule has 0 bridgehead atoms. The van der Waals surface area contributed by atoms with E-state index in [1.165, 1.54) is 9.79 Å². The first kappa shape index (κ1) is 22.8. The number of ether oxygens (including phenoxy) is 3. The number of hydrogen-bond acceptors (Lipinski definition) is 6. The van der Waals surface area contributed by atoms with Crippen molar-refractivity contribution in [3.63, 3.8) is 0 Å². The van der Waals surface area contributed by atoms with Gasteiger partial charge in [0, 0.05) is 25.7 Å². The number of carbonyl (C=O) groups excluding carboxylic acids is 1. The molecule has 0 aliphatic heterocycles. The summed E-state index contributed by atoms with van der Waals surface area (Å²) in [5.41, 5.74) is 0. The zero-order valence-electron chi connectivity index (χ0n) is 17.4. The summed E-state index contributed by atoms with van der Waals surface area (Å²) in [6, 6.07) is 24.4.